The number of thiophene rings is 1. The van der Waals surface area contributed by atoms with Crippen LogP contribution in [0.15, 0.2) is 55.1 Å². The zero-order chi connectivity index (χ0) is 18.4. The van der Waals surface area contributed by atoms with Crippen LogP contribution < -0.4 is 4.78 Å². The Balaban J connectivity index is 1.80. The third kappa shape index (κ3) is 2.98. The molecule has 1 saturated heterocycles. The molecule has 0 aliphatic carbocycles. The zero-order valence-electron chi connectivity index (χ0n) is 15.4. The summed E-state index contributed by atoms with van der Waals surface area (Å²) in [6.45, 7) is 8.31. The minimum atomic E-state index is -0.360. The van der Waals surface area contributed by atoms with E-state index in [0.717, 1.165) is 21.5 Å². The summed E-state index contributed by atoms with van der Waals surface area (Å²) in [6.07, 6.45) is 7.27. The minimum absolute atomic E-state index is 0.352. The molecule has 0 saturated carbocycles. The first-order chi connectivity index (χ1) is 12.4. The summed E-state index contributed by atoms with van der Waals surface area (Å²) in [5, 5.41) is 0. The van der Waals surface area contributed by atoms with E-state index in [1.807, 2.05) is 49.1 Å². The molecule has 132 valence electrons. The van der Waals surface area contributed by atoms with Gasteiger partial charge in [-0.15, -0.1) is 11.3 Å². The first-order valence-electron chi connectivity index (χ1n) is 8.67. The molecule has 0 unspecified atom stereocenters. The number of pyridine rings is 2. The van der Waals surface area contributed by atoms with Crippen LogP contribution in [0.25, 0.3) is 21.6 Å². The highest BCUT2D eigenvalue weighted by Crippen LogP contribution is 2.40. The fourth-order valence-corrected chi connectivity index (χ4v) is 4.09. The van der Waals surface area contributed by atoms with Crippen molar-refractivity contribution in [1.29, 1.82) is 0 Å². The molecule has 1 fully saturated rings. The summed E-state index contributed by atoms with van der Waals surface area (Å²) in [7, 11) is -0.360. The van der Waals surface area contributed by atoms with E-state index < -0.39 is 0 Å². The molecule has 0 bridgehead atoms. The first kappa shape index (κ1) is 17.4. The van der Waals surface area contributed by atoms with Gasteiger partial charge in [-0.3, -0.25) is 9.97 Å². The SMILES string of the molecule is CC1(C)OB(c2cc(-c3ccncc3)c(-c3ccncc3)s2)OC1(C)C. The summed E-state index contributed by atoms with van der Waals surface area (Å²) in [4.78, 5) is 9.46. The van der Waals surface area contributed by atoms with Crippen LogP contribution in [-0.4, -0.2) is 28.3 Å². The highest BCUT2D eigenvalue weighted by molar-refractivity contribution is 7.25. The van der Waals surface area contributed by atoms with E-state index in [1.54, 1.807) is 11.3 Å². The summed E-state index contributed by atoms with van der Waals surface area (Å²) in [6, 6.07) is 10.3. The van der Waals surface area contributed by atoms with Crippen molar-refractivity contribution in [3.05, 3.63) is 55.1 Å². The van der Waals surface area contributed by atoms with Crippen molar-refractivity contribution in [2.75, 3.05) is 0 Å². The van der Waals surface area contributed by atoms with Crippen LogP contribution in [0.2, 0.25) is 0 Å². The van der Waals surface area contributed by atoms with Gasteiger partial charge in [0.1, 0.15) is 0 Å². The molecule has 6 heteroatoms. The number of aromatic nitrogens is 2. The molecule has 1 aliphatic rings. The number of nitrogens with zero attached hydrogens (tertiary/aromatic N) is 2. The Kier molecular flexibility index (Phi) is 4.22. The van der Waals surface area contributed by atoms with E-state index in [1.165, 1.54) is 4.88 Å². The second-order valence-electron chi connectivity index (χ2n) is 7.45. The van der Waals surface area contributed by atoms with Gasteiger partial charge < -0.3 is 9.31 Å². The molecule has 0 N–H and O–H groups in total. The predicted molar refractivity (Wildman–Crippen MR) is 106 cm³/mol. The molecule has 4 heterocycles. The van der Waals surface area contributed by atoms with E-state index in [9.17, 15) is 0 Å². The lowest BCUT2D eigenvalue weighted by Crippen LogP contribution is -2.41. The van der Waals surface area contributed by atoms with Crippen molar-refractivity contribution in [2.24, 2.45) is 0 Å². The maximum atomic E-state index is 6.25. The largest absolute Gasteiger partial charge is 0.505 e. The molecule has 26 heavy (non-hydrogen) atoms. The van der Waals surface area contributed by atoms with E-state index in [-0.39, 0.29) is 18.3 Å². The molecule has 0 radical (unpaired) electrons. The fourth-order valence-electron chi connectivity index (χ4n) is 2.95. The average Bonchev–Trinajstić information content (AvgIpc) is 3.16. The standard InChI is InChI=1S/C20H21BN2O2S/c1-19(2)20(3,4)25-21(24-19)17-13-16(14-5-9-22-10-6-14)18(26-17)15-7-11-23-12-8-15/h5-13H,1-4H3. The van der Waals surface area contributed by atoms with Gasteiger partial charge >= 0.3 is 7.12 Å². The van der Waals surface area contributed by atoms with E-state index >= 15 is 0 Å². The maximum Gasteiger partial charge on any atom is 0.505 e. The highest BCUT2D eigenvalue weighted by Gasteiger charge is 2.52. The zero-order valence-corrected chi connectivity index (χ0v) is 16.2. The lowest BCUT2D eigenvalue weighted by atomic mass is 9.86. The Bertz CT molecular complexity index is 837. The molecular formula is C20H21BN2O2S. The van der Waals surface area contributed by atoms with Crippen LogP contribution in [0, 0.1) is 0 Å². The Morgan fingerprint density at radius 3 is 1.85 bits per heavy atom. The van der Waals surface area contributed by atoms with Crippen molar-refractivity contribution in [1.82, 2.24) is 9.97 Å². The van der Waals surface area contributed by atoms with Gasteiger partial charge in [0.25, 0.3) is 0 Å². The fraction of sp³-hybridized carbons (Fsp3) is 0.300. The highest BCUT2D eigenvalue weighted by atomic mass is 32.1. The number of hydrogen-bond donors (Lipinski definition) is 0. The second kappa shape index (κ2) is 6.30. The van der Waals surface area contributed by atoms with Crippen LogP contribution in [-0.2, 0) is 9.31 Å². The molecule has 0 atom stereocenters. The van der Waals surface area contributed by atoms with Crippen molar-refractivity contribution in [3.8, 4) is 21.6 Å². The molecule has 3 aromatic heterocycles. The van der Waals surface area contributed by atoms with Crippen molar-refractivity contribution < 1.29 is 9.31 Å². The molecule has 4 nitrogen and oxygen atoms in total. The van der Waals surface area contributed by atoms with Gasteiger partial charge in [0.15, 0.2) is 0 Å². The molecule has 1 aliphatic heterocycles. The molecule has 0 amide bonds. The summed E-state index contributed by atoms with van der Waals surface area (Å²) in [5.41, 5.74) is 2.73. The monoisotopic (exact) mass is 364 g/mol. The van der Waals surface area contributed by atoms with Gasteiger partial charge in [0.05, 0.1) is 11.2 Å². The van der Waals surface area contributed by atoms with E-state index in [0.29, 0.717) is 0 Å². The van der Waals surface area contributed by atoms with Gasteiger partial charge in [-0.2, -0.15) is 0 Å². The smallest absolute Gasteiger partial charge is 0.399 e. The topological polar surface area (TPSA) is 44.2 Å². The molecular weight excluding hydrogens is 343 g/mol. The molecule has 3 aromatic rings. The van der Waals surface area contributed by atoms with Crippen LogP contribution in [0.5, 0.6) is 0 Å². The third-order valence-corrected chi connectivity index (χ3v) is 6.38. The summed E-state index contributed by atoms with van der Waals surface area (Å²) >= 11 is 1.71. The Hall–Kier alpha value is -2.02. The van der Waals surface area contributed by atoms with Crippen molar-refractivity contribution in [3.63, 3.8) is 0 Å². The van der Waals surface area contributed by atoms with E-state index in [2.05, 4.69) is 43.7 Å². The lowest BCUT2D eigenvalue weighted by Gasteiger charge is -2.32. The number of rotatable bonds is 3. The number of hydrogen-bond acceptors (Lipinski definition) is 5. The third-order valence-electron chi connectivity index (χ3n) is 5.17. The van der Waals surface area contributed by atoms with Crippen LogP contribution in [0.4, 0.5) is 0 Å². The van der Waals surface area contributed by atoms with Crippen LogP contribution in [0.3, 0.4) is 0 Å². The van der Waals surface area contributed by atoms with E-state index in [4.69, 9.17) is 9.31 Å². The summed E-state index contributed by atoms with van der Waals surface area (Å²) < 4.78 is 13.6. The Labute approximate surface area is 158 Å². The van der Waals surface area contributed by atoms with Gasteiger partial charge in [-0.1, -0.05) is 0 Å². The van der Waals surface area contributed by atoms with Gasteiger partial charge in [-0.05, 0) is 69.2 Å². The lowest BCUT2D eigenvalue weighted by molar-refractivity contribution is 0.00578. The average molecular weight is 364 g/mol. The van der Waals surface area contributed by atoms with Gasteiger partial charge in [-0.25, -0.2) is 0 Å². The predicted octanol–water partition coefficient (Wildman–Crippen LogP) is 4.17. The molecule has 0 spiro atoms. The Morgan fingerprint density at radius 2 is 1.31 bits per heavy atom. The van der Waals surface area contributed by atoms with Crippen molar-refractivity contribution in [2.45, 2.75) is 38.9 Å². The quantitative estimate of drug-likeness (QED) is 0.655. The van der Waals surface area contributed by atoms with Gasteiger partial charge in [0, 0.05) is 40.0 Å². The van der Waals surface area contributed by atoms with Crippen molar-refractivity contribution >= 4 is 23.2 Å². The second-order valence-corrected chi connectivity index (χ2v) is 8.54. The minimum Gasteiger partial charge on any atom is -0.399 e. The maximum absolute atomic E-state index is 6.25. The van der Waals surface area contributed by atoms with Gasteiger partial charge in [0.2, 0.25) is 0 Å². The molecule has 4 rings (SSSR count). The Morgan fingerprint density at radius 1 is 0.808 bits per heavy atom. The first-order valence-corrected chi connectivity index (χ1v) is 9.49. The molecule has 0 aromatic carbocycles. The van der Waals surface area contributed by atoms with Crippen LogP contribution >= 0.6 is 11.3 Å². The summed E-state index contributed by atoms with van der Waals surface area (Å²) in [5.74, 6) is 0. The van der Waals surface area contributed by atoms with Crippen LogP contribution in [0.1, 0.15) is 27.7 Å². The normalized spacial score (nSPS) is 18.2.